The Kier molecular flexibility index (Phi) is 6.86. The number of phenolic OH excluding ortho intramolecular Hbond substituents is 1. The van der Waals surface area contributed by atoms with Crippen molar-refractivity contribution >= 4 is 30.0 Å². The van der Waals surface area contributed by atoms with Gasteiger partial charge in [-0.15, -0.1) is 0 Å². The van der Waals surface area contributed by atoms with Crippen LogP contribution in [0.3, 0.4) is 0 Å². The standard InChI is InChI=1S/C36H39FN4O6/c1-33(2,3)47-31(45)39-28-17-35(28)10-12-36(13-11-35)18-29(36)40-30(44)27-15-23(37)19-38-34(27,4)41(32(40)46)24-7-5-6-21(14-24)26-16-25(43)9-8-22(26)20-42/h5-9,14-16,19-20,28-29,38,43H,10-13,17-18H2,1-4H3,(H,39,45)/t28-,29-,34?,35?,36?/m0/s1. The first-order valence-corrected chi connectivity index (χ1v) is 16.1. The molecule has 3 N–H and O–H groups in total. The third-order valence-electron chi connectivity index (χ3n) is 10.8. The van der Waals surface area contributed by atoms with E-state index >= 15 is 0 Å². The summed E-state index contributed by atoms with van der Waals surface area (Å²) in [6.45, 7) is 7.17. The summed E-state index contributed by atoms with van der Waals surface area (Å²) in [5.74, 6) is -1.15. The van der Waals surface area contributed by atoms with E-state index in [-0.39, 0.29) is 34.2 Å². The lowest BCUT2D eigenvalue weighted by Crippen LogP contribution is -2.70. The minimum absolute atomic E-state index is 0.00619. The lowest BCUT2D eigenvalue weighted by atomic mass is 9.76. The van der Waals surface area contributed by atoms with Crippen LogP contribution >= 0.6 is 0 Å². The zero-order chi connectivity index (χ0) is 33.5. The molecule has 2 spiro atoms. The summed E-state index contributed by atoms with van der Waals surface area (Å²) >= 11 is 0. The number of imide groups is 1. The van der Waals surface area contributed by atoms with Crippen molar-refractivity contribution in [2.75, 3.05) is 4.90 Å². The Morgan fingerprint density at radius 1 is 1.09 bits per heavy atom. The molecule has 47 heavy (non-hydrogen) atoms. The number of aldehydes is 1. The van der Waals surface area contributed by atoms with E-state index in [1.165, 1.54) is 34.1 Å². The molecular weight excluding hydrogens is 603 g/mol. The molecule has 2 aliphatic heterocycles. The maximum absolute atomic E-state index is 14.7. The molecule has 0 radical (unpaired) electrons. The normalized spacial score (nSPS) is 31.1. The summed E-state index contributed by atoms with van der Waals surface area (Å²) in [6.07, 6.45) is 7.53. The summed E-state index contributed by atoms with van der Waals surface area (Å²) in [5.41, 5.74) is -0.183. The summed E-state index contributed by atoms with van der Waals surface area (Å²) < 4.78 is 20.1. The van der Waals surface area contributed by atoms with E-state index in [2.05, 4.69) is 10.6 Å². The number of aromatic hydroxyl groups is 1. The molecule has 2 aromatic rings. The second-order valence-corrected chi connectivity index (χ2v) is 14.9. The number of amides is 4. The van der Waals surface area contributed by atoms with Gasteiger partial charge in [0, 0.05) is 29.5 Å². The van der Waals surface area contributed by atoms with Gasteiger partial charge in [0.2, 0.25) is 0 Å². The van der Waals surface area contributed by atoms with Crippen molar-refractivity contribution in [2.45, 2.75) is 89.6 Å². The molecule has 7 rings (SSSR count). The summed E-state index contributed by atoms with van der Waals surface area (Å²) in [7, 11) is 0. The van der Waals surface area contributed by atoms with Gasteiger partial charge in [0.25, 0.3) is 5.91 Å². The van der Waals surface area contributed by atoms with Crippen molar-refractivity contribution in [3.63, 3.8) is 0 Å². The topological polar surface area (TPSA) is 128 Å². The molecule has 11 heteroatoms. The van der Waals surface area contributed by atoms with Crippen LogP contribution in [0.4, 0.5) is 19.7 Å². The Hall–Kier alpha value is -4.67. The van der Waals surface area contributed by atoms with Crippen LogP contribution < -0.4 is 15.5 Å². The minimum atomic E-state index is -1.38. The average molecular weight is 643 g/mol. The van der Waals surface area contributed by atoms with E-state index in [1.54, 1.807) is 31.2 Å². The van der Waals surface area contributed by atoms with Crippen LogP contribution in [0.15, 0.2) is 66.1 Å². The number of benzene rings is 2. The first-order chi connectivity index (χ1) is 22.2. The van der Waals surface area contributed by atoms with Crippen molar-refractivity contribution in [2.24, 2.45) is 10.8 Å². The molecule has 246 valence electrons. The smallest absolute Gasteiger partial charge is 0.407 e. The van der Waals surface area contributed by atoms with Crippen LogP contribution in [-0.2, 0) is 9.53 Å². The number of dihydropyridines is 1. The Balaban J connectivity index is 1.16. The Labute approximate surface area is 272 Å². The predicted molar refractivity (Wildman–Crippen MR) is 172 cm³/mol. The quantitative estimate of drug-likeness (QED) is 0.326. The lowest BCUT2D eigenvalue weighted by molar-refractivity contribution is -0.127. The molecule has 5 aliphatic rings. The Bertz CT molecular complexity index is 1770. The summed E-state index contributed by atoms with van der Waals surface area (Å²) in [4.78, 5) is 55.6. The second kappa shape index (κ2) is 10.4. The Morgan fingerprint density at radius 2 is 1.81 bits per heavy atom. The zero-order valence-corrected chi connectivity index (χ0v) is 26.9. The van der Waals surface area contributed by atoms with E-state index in [0.29, 0.717) is 35.1 Å². The van der Waals surface area contributed by atoms with Crippen LogP contribution in [0, 0.1) is 10.8 Å². The minimum Gasteiger partial charge on any atom is -0.508 e. The first-order valence-electron chi connectivity index (χ1n) is 16.1. The molecule has 3 aliphatic carbocycles. The van der Waals surface area contributed by atoms with Gasteiger partial charge < -0.3 is 20.5 Å². The van der Waals surface area contributed by atoms with Gasteiger partial charge >= 0.3 is 12.1 Å². The number of phenols is 1. The molecule has 10 nitrogen and oxygen atoms in total. The van der Waals surface area contributed by atoms with Crippen LogP contribution in [0.5, 0.6) is 5.75 Å². The van der Waals surface area contributed by atoms with Gasteiger partial charge in [0.05, 0.1) is 5.57 Å². The number of anilines is 1. The third kappa shape index (κ3) is 5.16. The van der Waals surface area contributed by atoms with Gasteiger partial charge in [0.1, 0.15) is 22.8 Å². The fourth-order valence-electron chi connectivity index (χ4n) is 7.96. The molecular formula is C36H39FN4O6. The highest BCUT2D eigenvalue weighted by Crippen LogP contribution is 2.68. The number of hydrogen-bond acceptors (Lipinski definition) is 7. The van der Waals surface area contributed by atoms with E-state index in [4.69, 9.17) is 4.74 Å². The monoisotopic (exact) mass is 642 g/mol. The van der Waals surface area contributed by atoms with Crippen molar-refractivity contribution in [1.29, 1.82) is 0 Å². The van der Waals surface area contributed by atoms with Crippen molar-refractivity contribution < 1.29 is 33.4 Å². The molecule has 1 unspecified atom stereocenters. The van der Waals surface area contributed by atoms with Crippen molar-refractivity contribution in [1.82, 2.24) is 15.5 Å². The molecule has 4 amide bonds. The molecule has 2 aromatic carbocycles. The fraction of sp³-hybridized carbons (Fsp3) is 0.444. The number of urea groups is 1. The van der Waals surface area contributed by atoms with E-state index < -0.39 is 35.1 Å². The SMILES string of the molecule is CC(C)(C)OC(=O)N[C@H]1CC12CCC1(CC2)C[C@@H]1N1C(=O)C2=CC(F)=CNC2(C)N(c2cccc(-c3cc(O)ccc3C=O)c2)C1=O. The third-order valence-corrected chi connectivity index (χ3v) is 10.8. The number of carbonyl (C=O) groups is 4. The van der Waals surface area contributed by atoms with Gasteiger partial charge in [-0.3, -0.25) is 19.4 Å². The Morgan fingerprint density at radius 3 is 2.51 bits per heavy atom. The van der Waals surface area contributed by atoms with Crippen molar-refractivity contribution in [3.05, 3.63) is 71.7 Å². The van der Waals surface area contributed by atoms with Gasteiger partial charge in [-0.1, -0.05) is 12.1 Å². The molecule has 3 saturated carbocycles. The highest BCUT2D eigenvalue weighted by Gasteiger charge is 2.68. The second-order valence-electron chi connectivity index (χ2n) is 14.9. The molecule has 3 atom stereocenters. The molecule has 0 bridgehead atoms. The summed E-state index contributed by atoms with van der Waals surface area (Å²) in [6, 6.07) is 10.6. The van der Waals surface area contributed by atoms with Crippen LogP contribution in [0.25, 0.3) is 11.1 Å². The summed E-state index contributed by atoms with van der Waals surface area (Å²) in [5, 5.41) is 16.1. The number of ether oxygens (including phenoxy) is 1. The molecule has 2 heterocycles. The zero-order valence-electron chi connectivity index (χ0n) is 26.9. The lowest BCUT2D eigenvalue weighted by Gasteiger charge is -2.50. The maximum atomic E-state index is 14.7. The van der Waals surface area contributed by atoms with Gasteiger partial charge in [0.15, 0.2) is 6.29 Å². The number of nitrogens with zero attached hydrogens (tertiary/aromatic N) is 2. The first kappa shape index (κ1) is 31.0. The number of allylic oxidation sites excluding steroid dienone is 2. The maximum Gasteiger partial charge on any atom is 0.407 e. The molecule has 1 saturated heterocycles. The highest BCUT2D eigenvalue weighted by molar-refractivity contribution is 6.16. The van der Waals surface area contributed by atoms with Crippen LogP contribution in [0.2, 0.25) is 0 Å². The number of rotatable bonds is 5. The number of hydrogen-bond donors (Lipinski definition) is 3. The predicted octanol–water partition coefficient (Wildman–Crippen LogP) is 6.31. The highest BCUT2D eigenvalue weighted by atomic mass is 19.1. The van der Waals surface area contributed by atoms with Gasteiger partial charge in [-0.05, 0) is 125 Å². The fourth-order valence-corrected chi connectivity index (χ4v) is 7.96. The average Bonchev–Trinajstić information content (AvgIpc) is 3.89. The van der Waals surface area contributed by atoms with Gasteiger partial charge in [-0.25, -0.2) is 14.0 Å². The van der Waals surface area contributed by atoms with E-state index in [9.17, 15) is 28.7 Å². The van der Waals surface area contributed by atoms with Crippen molar-refractivity contribution in [3.8, 4) is 16.9 Å². The molecule has 0 aromatic heterocycles. The van der Waals surface area contributed by atoms with E-state index in [0.717, 1.165) is 38.3 Å². The number of fused-ring (bicyclic) bond motifs is 1. The number of alkyl carbamates (subject to hydrolysis) is 1. The number of nitrogens with one attached hydrogen (secondary N) is 2. The van der Waals surface area contributed by atoms with Crippen LogP contribution in [-0.4, -0.2) is 57.7 Å². The molecule has 4 fully saturated rings. The van der Waals surface area contributed by atoms with Gasteiger partial charge in [-0.2, -0.15) is 0 Å². The largest absolute Gasteiger partial charge is 0.508 e. The van der Waals surface area contributed by atoms with E-state index in [1.807, 2.05) is 20.8 Å². The number of carbonyl (C=O) groups excluding carboxylic acids is 4. The number of halogens is 1. The van der Waals surface area contributed by atoms with Crippen LogP contribution in [0.1, 0.15) is 76.6 Å².